The van der Waals surface area contributed by atoms with Crippen LogP contribution in [0.5, 0.6) is 11.5 Å². The van der Waals surface area contributed by atoms with Crippen molar-refractivity contribution in [3.05, 3.63) is 23.8 Å². The van der Waals surface area contributed by atoms with E-state index >= 15 is 0 Å². The summed E-state index contributed by atoms with van der Waals surface area (Å²) in [5.41, 5.74) is 1.14. The Kier molecular flexibility index (Phi) is 6.98. The summed E-state index contributed by atoms with van der Waals surface area (Å²) >= 11 is 1.88. The van der Waals surface area contributed by atoms with Gasteiger partial charge < -0.3 is 14.8 Å². The Morgan fingerprint density at radius 2 is 2.06 bits per heavy atom. The van der Waals surface area contributed by atoms with E-state index < -0.39 is 0 Å². The highest BCUT2D eigenvalue weighted by Gasteiger charge is 2.11. The Morgan fingerprint density at radius 1 is 1.28 bits per heavy atom. The van der Waals surface area contributed by atoms with Crippen molar-refractivity contribution in [2.75, 3.05) is 32.8 Å². The zero-order valence-electron chi connectivity index (χ0n) is 11.7. The Balaban J connectivity index is 2.66. The zero-order chi connectivity index (χ0) is 13.4. The third-order valence-corrected chi connectivity index (χ3v) is 3.58. The van der Waals surface area contributed by atoms with E-state index in [4.69, 9.17) is 9.47 Å². The van der Waals surface area contributed by atoms with E-state index in [0.29, 0.717) is 0 Å². The number of thioether (sulfide) groups is 1. The fourth-order valence-electron chi connectivity index (χ4n) is 1.82. The highest BCUT2D eigenvalue weighted by atomic mass is 32.2. The van der Waals surface area contributed by atoms with Crippen LogP contribution < -0.4 is 14.8 Å². The first-order valence-corrected chi connectivity index (χ1v) is 7.56. The van der Waals surface area contributed by atoms with Crippen LogP contribution in [-0.4, -0.2) is 32.8 Å². The molecule has 1 aromatic carbocycles. The van der Waals surface area contributed by atoms with Gasteiger partial charge in [-0.15, -0.1) is 0 Å². The SMILES string of the molecule is COc1ccc(OC)c(C(C)NCCCSC)c1. The molecule has 0 fully saturated rings. The predicted molar refractivity (Wildman–Crippen MR) is 79.0 cm³/mol. The second kappa shape index (κ2) is 8.27. The van der Waals surface area contributed by atoms with Gasteiger partial charge in [-0.05, 0) is 50.1 Å². The van der Waals surface area contributed by atoms with Crippen molar-refractivity contribution in [2.24, 2.45) is 0 Å². The fourth-order valence-corrected chi connectivity index (χ4v) is 2.26. The molecule has 0 aliphatic carbocycles. The molecule has 3 nitrogen and oxygen atoms in total. The number of hydrogen-bond acceptors (Lipinski definition) is 4. The number of ether oxygens (including phenoxy) is 2. The van der Waals surface area contributed by atoms with E-state index in [-0.39, 0.29) is 6.04 Å². The fraction of sp³-hybridized carbons (Fsp3) is 0.571. The van der Waals surface area contributed by atoms with Crippen LogP contribution in [0.2, 0.25) is 0 Å². The monoisotopic (exact) mass is 269 g/mol. The van der Waals surface area contributed by atoms with E-state index in [9.17, 15) is 0 Å². The van der Waals surface area contributed by atoms with Crippen molar-refractivity contribution in [1.29, 1.82) is 0 Å². The van der Waals surface area contributed by atoms with Gasteiger partial charge in [0.1, 0.15) is 11.5 Å². The average molecular weight is 269 g/mol. The molecule has 0 heterocycles. The van der Waals surface area contributed by atoms with Gasteiger partial charge in [0.2, 0.25) is 0 Å². The molecule has 0 aromatic heterocycles. The van der Waals surface area contributed by atoms with Gasteiger partial charge >= 0.3 is 0 Å². The second-order valence-electron chi connectivity index (χ2n) is 4.13. The van der Waals surface area contributed by atoms with Crippen LogP contribution >= 0.6 is 11.8 Å². The third-order valence-electron chi connectivity index (χ3n) is 2.88. The maximum absolute atomic E-state index is 5.39. The molecule has 0 aliphatic rings. The van der Waals surface area contributed by atoms with Gasteiger partial charge in [-0.25, -0.2) is 0 Å². The lowest BCUT2D eigenvalue weighted by Gasteiger charge is -2.18. The second-order valence-corrected chi connectivity index (χ2v) is 5.12. The summed E-state index contributed by atoms with van der Waals surface area (Å²) in [5, 5.41) is 3.51. The van der Waals surface area contributed by atoms with Crippen LogP contribution in [0.1, 0.15) is 24.9 Å². The van der Waals surface area contributed by atoms with Crippen LogP contribution in [0.3, 0.4) is 0 Å². The Hall–Kier alpha value is -0.870. The molecule has 1 aromatic rings. The molecule has 1 atom stereocenters. The molecule has 102 valence electrons. The molecule has 4 heteroatoms. The van der Waals surface area contributed by atoms with Crippen molar-refractivity contribution in [3.63, 3.8) is 0 Å². The highest BCUT2D eigenvalue weighted by molar-refractivity contribution is 7.98. The summed E-state index contributed by atoms with van der Waals surface area (Å²) in [5.74, 6) is 2.96. The van der Waals surface area contributed by atoms with Crippen LogP contribution in [0.4, 0.5) is 0 Å². The van der Waals surface area contributed by atoms with Crippen molar-refractivity contribution in [1.82, 2.24) is 5.32 Å². The first-order chi connectivity index (χ1) is 8.72. The minimum atomic E-state index is 0.261. The molecule has 1 unspecified atom stereocenters. The summed E-state index contributed by atoms with van der Waals surface area (Å²) in [7, 11) is 3.38. The molecule has 18 heavy (non-hydrogen) atoms. The summed E-state index contributed by atoms with van der Waals surface area (Å²) in [6.07, 6.45) is 3.31. The van der Waals surface area contributed by atoms with E-state index in [2.05, 4.69) is 18.5 Å². The van der Waals surface area contributed by atoms with Gasteiger partial charge in [0.25, 0.3) is 0 Å². The highest BCUT2D eigenvalue weighted by Crippen LogP contribution is 2.29. The molecule has 0 saturated heterocycles. The van der Waals surface area contributed by atoms with E-state index in [0.717, 1.165) is 23.6 Å². The van der Waals surface area contributed by atoms with E-state index in [1.54, 1.807) is 14.2 Å². The smallest absolute Gasteiger partial charge is 0.123 e. The third kappa shape index (κ3) is 4.42. The summed E-state index contributed by atoms with van der Waals surface area (Å²) < 4.78 is 10.7. The largest absolute Gasteiger partial charge is 0.497 e. The zero-order valence-corrected chi connectivity index (χ0v) is 12.5. The predicted octanol–water partition coefficient (Wildman–Crippen LogP) is 3.11. The van der Waals surface area contributed by atoms with Gasteiger partial charge in [0.05, 0.1) is 14.2 Å². The number of hydrogen-bond donors (Lipinski definition) is 1. The molecule has 1 rings (SSSR count). The quantitative estimate of drug-likeness (QED) is 0.735. The van der Waals surface area contributed by atoms with E-state index in [1.807, 2.05) is 30.0 Å². The Morgan fingerprint density at radius 3 is 2.67 bits per heavy atom. The molecule has 0 aliphatic heterocycles. The molecular formula is C14H23NO2S. The lowest BCUT2D eigenvalue weighted by atomic mass is 10.1. The van der Waals surface area contributed by atoms with Crippen LogP contribution in [-0.2, 0) is 0 Å². The van der Waals surface area contributed by atoms with E-state index in [1.165, 1.54) is 12.2 Å². The first kappa shape index (κ1) is 15.2. The van der Waals surface area contributed by atoms with Gasteiger partial charge in [-0.1, -0.05) is 0 Å². The molecule has 0 spiro atoms. The van der Waals surface area contributed by atoms with Crippen molar-refractivity contribution < 1.29 is 9.47 Å². The molecule has 0 bridgehead atoms. The minimum absolute atomic E-state index is 0.261. The first-order valence-electron chi connectivity index (χ1n) is 6.17. The molecule has 0 saturated carbocycles. The molecule has 0 amide bonds. The van der Waals surface area contributed by atoms with Crippen molar-refractivity contribution in [2.45, 2.75) is 19.4 Å². The average Bonchev–Trinajstić information content (AvgIpc) is 2.42. The summed E-state index contributed by atoms with van der Waals surface area (Å²) in [4.78, 5) is 0. The standard InChI is InChI=1S/C14H23NO2S/c1-11(15-8-5-9-18-4)13-10-12(16-2)6-7-14(13)17-3/h6-7,10-11,15H,5,8-9H2,1-4H3. The summed E-state index contributed by atoms with van der Waals surface area (Å²) in [6.45, 7) is 3.17. The van der Waals surface area contributed by atoms with Gasteiger partial charge in [0, 0.05) is 11.6 Å². The Bertz CT molecular complexity index is 358. The Labute approximate surface area is 114 Å². The normalized spacial score (nSPS) is 12.2. The van der Waals surface area contributed by atoms with Crippen LogP contribution in [0, 0.1) is 0 Å². The molecule has 0 radical (unpaired) electrons. The minimum Gasteiger partial charge on any atom is -0.497 e. The molecular weight excluding hydrogens is 246 g/mol. The topological polar surface area (TPSA) is 30.5 Å². The van der Waals surface area contributed by atoms with Gasteiger partial charge in [-0.3, -0.25) is 0 Å². The van der Waals surface area contributed by atoms with Gasteiger partial charge in [0.15, 0.2) is 0 Å². The van der Waals surface area contributed by atoms with Crippen LogP contribution in [0.25, 0.3) is 0 Å². The number of methoxy groups -OCH3 is 2. The number of rotatable bonds is 8. The number of nitrogens with one attached hydrogen (secondary N) is 1. The summed E-state index contributed by atoms with van der Waals surface area (Å²) in [6, 6.07) is 6.17. The van der Waals surface area contributed by atoms with Gasteiger partial charge in [-0.2, -0.15) is 11.8 Å². The lowest BCUT2D eigenvalue weighted by Crippen LogP contribution is -2.20. The molecule has 1 N–H and O–H groups in total. The van der Waals surface area contributed by atoms with Crippen molar-refractivity contribution >= 4 is 11.8 Å². The maximum atomic E-state index is 5.39. The van der Waals surface area contributed by atoms with Crippen molar-refractivity contribution in [3.8, 4) is 11.5 Å². The maximum Gasteiger partial charge on any atom is 0.123 e. The lowest BCUT2D eigenvalue weighted by molar-refractivity contribution is 0.392. The number of benzene rings is 1. The van der Waals surface area contributed by atoms with Crippen LogP contribution in [0.15, 0.2) is 18.2 Å².